The summed E-state index contributed by atoms with van der Waals surface area (Å²) in [7, 11) is 0. The molecule has 2 N–H and O–H groups in total. The van der Waals surface area contributed by atoms with Crippen molar-refractivity contribution in [1.82, 2.24) is 4.98 Å². The van der Waals surface area contributed by atoms with Crippen LogP contribution in [0.5, 0.6) is 0 Å². The largest absolute Gasteiger partial charge is 0.481 e. The Hall–Kier alpha value is -2.09. The highest BCUT2D eigenvalue weighted by molar-refractivity contribution is 5.67. The summed E-state index contributed by atoms with van der Waals surface area (Å²) in [6.45, 7) is 3.76. The number of anilines is 1. The number of nitrogens with one attached hydrogen (secondary N) is 1. The first-order valence-corrected chi connectivity index (χ1v) is 5.30. The second-order valence-electron chi connectivity index (χ2n) is 4.41. The lowest BCUT2D eigenvalue weighted by atomic mass is 9.98. The second-order valence-corrected chi connectivity index (χ2v) is 4.41. The normalized spacial score (nSPS) is 10.6. The number of carbonyl (C=O) groups is 1. The van der Waals surface area contributed by atoms with E-state index in [0.717, 1.165) is 0 Å². The van der Waals surface area contributed by atoms with Gasteiger partial charge in [0.15, 0.2) is 0 Å². The lowest BCUT2D eigenvalue weighted by Gasteiger charge is -2.26. The van der Waals surface area contributed by atoms with Gasteiger partial charge in [-0.1, -0.05) is 0 Å². The van der Waals surface area contributed by atoms with Gasteiger partial charge in [0.1, 0.15) is 11.9 Å². The fourth-order valence-corrected chi connectivity index (χ4v) is 1.40. The number of hydrogen-bond donors (Lipinski definition) is 2. The molecule has 17 heavy (non-hydrogen) atoms. The van der Waals surface area contributed by atoms with Gasteiger partial charge in [-0.15, -0.1) is 0 Å². The van der Waals surface area contributed by atoms with Crippen molar-refractivity contribution in [3.8, 4) is 6.07 Å². The number of carboxylic acid groups (broad SMARTS) is 1. The molecule has 0 spiro atoms. The monoisotopic (exact) mass is 233 g/mol. The third kappa shape index (κ3) is 4.11. The van der Waals surface area contributed by atoms with Crippen LogP contribution < -0.4 is 5.32 Å². The van der Waals surface area contributed by atoms with Gasteiger partial charge in [-0.3, -0.25) is 4.79 Å². The lowest BCUT2D eigenvalue weighted by molar-refractivity contribution is -0.137. The van der Waals surface area contributed by atoms with E-state index in [9.17, 15) is 4.79 Å². The summed E-state index contributed by atoms with van der Waals surface area (Å²) >= 11 is 0. The van der Waals surface area contributed by atoms with Gasteiger partial charge < -0.3 is 10.4 Å². The molecule has 1 aromatic heterocycles. The molecule has 0 radical (unpaired) electrons. The summed E-state index contributed by atoms with van der Waals surface area (Å²) in [5.41, 5.74) is 0.0362. The molecule has 0 unspecified atom stereocenters. The van der Waals surface area contributed by atoms with E-state index in [4.69, 9.17) is 10.4 Å². The molecule has 0 aliphatic carbocycles. The molecular weight excluding hydrogens is 218 g/mol. The van der Waals surface area contributed by atoms with Crippen molar-refractivity contribution in [2.45, 2.75) is 32.2 Å². The third-order valence-corrected chi connectivity index (χ3v) is 2.35. The Morgan fingerprint density at radius 3 is 2.94 bits per heavy atom. The maximum absolute atomic E-state index is 10.5. The van der Waals surface area contributed by atoms with Crippen LogP contribution >= 0.6 is 0 Å². The van der Waals surface area contributed by atoms with Gasteiger partial charge in [0.05, 0.1) is 5.56 Å². The molecule has 0 saturated heterocycles. The van der Waals surface area contributed by atoms with E-state index in [1.807, 2.05) is 19.9 Å². The highest BCUT2D eigenvalue weighted by Gasteiger charge is 2.20. The molecule has 5 heteroatoms. The van der Waals surface area contributed by atoms with Gasteiger partial charge in [0, 0.05) is 18.2 Å². The van der Waals surface area contributed by atoms with Crippen LogP contribution in [-0.4, -0.2) is 21.6 Å². The summed E-state index contributed by atoms with van der Waals surface area (Å²) < 4.78 is 0. The fourth-order valence-electron chi connectivity index (χ4n) is 1.40. The zero-order chi connectivity index (χ0) is 12.9. The Morgan fingerprint density at radius 1 is 1.65 bits per heavy atom. The molecule has 90 valence electrons. The van der Waals surface area contributed by atoms with Crippen LogP contribution in [0.1, 0.15) is 32.3 Å². The molecule has 0 aliphatic rings. The van der Waals surface area contributed by atoms with E-state index in [0.29, 0.717) is 17.8 Å². The summed E-state index contributed by atoms with van der Waals surface area (Å²) in [5.74, 6) is -0.341. The lowest BCUT2D eigenvalue weighted by Crippen LogP contribution is -2.32. The van der Waals surface area contributed by atoms with E-state index in [1.165, 1.54) is 0 Å². The van der Waals surface area contributed by atoms with Gasteiger partial charge in [0.2, 0.25) is 0 Å². The Kier molecular flexibility index (Phi) is 4.05. The maximum Gasteiger partial charge on any atom is 0.303 e. The Labute approximate surface area is 100 Å². The number of pyridine rings is 1. The number of rotatable bonds is 5. The summed E-state index contributed by atoms with van der Waals surface area (Å²) in [5, 5.41) is 20.7. The smallest absolute Gasteiger partial charge is 0.303 e. The van der Waals surface area contributed by atoms with Crippen molar-refractivity contribution in [2.24, 2.45) is 0 Å². The predicted octanol–water partition coefficient (Wildman–Crippen LogP) is 2.01. The molecule has 0 saturated carbocycles. The molecule has 0 aromatic carbocycles. The fraction of sp³-hybridized carbons (Fsp3) is 0.417. The van der Waals surface area contributed by atoms with Crippen molar-refractivity contribution in [3.63, 3.8) is 0 Å². The van der Waals surface area contributed by atoms with E-state index >= 15 is 0 Å². The first-order valence-electron chi connectivity index (χ1n) is 5.30. The molecule has 0 atom stereocenters. The maximum atomic E-state index is 10.5. The Balaban J connectivity index is 2.76. The molecule has 0 fully saturated rings. The van der Waals surface area contributed by atoms with Crippen molar-refractivity contribution in [2.75, 3.05) is 5.32 Å². The van der Waals surface area contributed by atoms with Gasteiger partial charge in [-0.2, -0.15) is 5.26 Å². The minimum Gasteiger partial charge on any atom is -0.481 e. The highest BCUT2D eigenvalue weighted by atomic mass is 16.4. The van der Waals surface area contributed by atoms with Gasteiger partial charge in [-0.05, 0) is 32.4 Å². The highest BCUT2D eigenvalue weighted by Crippen LogP contribution is 2.20. The van der Waals surface area contributed by atoms with E-state index < -0.39 is 11.5 Å². The number of nitrogens with zero attached hydrogens (tertiary/aromatic N) is 2. The zero-order valence-corrected chi connectivity index (χ0v) is 9.90. The van der Waals surface area contributed by atoms with Crippen LogP contribution in [0.4, 0.5) is 5.82 Å². The molecule has 0 bridgehead atoms. The zero-order valence-electron chi connectivity index (χ0n) is 9.90. The first kappa shape index (κ1) is 13.0. The van der Waals surface area contributed by atoms with Crippen LogP contribution in [0.15, 0.2) is 18.3 Å². The average molecular weight is 233 g/mol. The van der Waals surface area contributed by atoms with Crippen LogP contribution in [0.2, 0.25) is 0 Å². The second kappa shape index (κ2) is 5.30. The number of aliphatic carboxylic acids is 1. The van der Waals surface area contributed by atoms with Gasteiger partial charge in [-0.25, -0.2) is 4.98 Å². The Bertz CT molecular complexity index is 449. The van der Waals surface area contributed by atoms with Crippen LogP contribution in [0.3, 0.4) is 0 Å². The van der Waals surface area contributed by atoms with E-state index in [1.54, 1.807) is 18.3 Å². The van der Waals surface area contributed by atoms with Crippen LogP contribution in [-0.2, 0) is 4.79 Å². The topological polar surface area (TPSA) is 86.0 Å². The predicted molar refractivity (Wildman–Crippen MR) is 63.5 cm³/mol. The molecule has 0 amide bonds. The molecular formula is C12H15N3O2. The van der Waals surface area contributed by atoms with Crippen molar-refractivity contribution in [3.05, 3.63) is 23.9 Å². The molecule has 1 heterocycles. The van der Waals surface area contributed by atoms with Gasteiger partial charge >= 0.3 is 5.97 Å². The summed E-state index contributed by atoms with van der Waals surface area (Å²) in [6, 6.07) is 5.40. The minimum absolute atomic E-state index is 0.0781. The molecule has 1 aromatic rings. The van der Waals surface area contributed by atoms with Gasteiger partial charge in [0.25, 0.3) is 0 Å². The number of aromatic nitrogens is 1. The van der Waals surface area contributed by atoms with Crippen molar-refractivity contribution in [1.29, 1.82) is 5.26 Å². The van der Waals surface area contributed by atoms with Crippen LogP contribution in [0.25, 0.3) is 0 Å². The first-order chi connectivity index (χ1) is 7.94. The SMILES string of the molecule is CC(C)(CCC(=O)O)Nc1ncccc1C#N. The number of nitriles is 1. The van der Waals surface area contributed by atoms with E-state index in [-0.39, 0.29) is 6.42 Å². The standard InChI is InChI=1S/C12H15N3O2/c1-12(2,6-5-10(16)17)15-11-9(8-13)4-3-7-14-11/h3-4,7H,5-6H2,1-2H3,(H,14,15)(H,16,17). The van der Waals surface area contributed by atoms with Crippen molar-refractivity contribution >= 4 is 11.8 Å². The summed E-state index contributed by atoms with van der Waals surface area (Å²) in [4.78, 5) is 14.6. The average Bonchev–Trinajstić information content (AvgIpc) is 2.27. The quantitative estimate of drug-likeness (QED) is 0.812. The Morgan fingerprint density at radius 2 is 2.35 bits per heavy atom. The third-order valence-electron chi connectivity index (χ3n) is 2.35. The summed E-state index contributed by atoms with van der Waals surface area (Å²) in [6.07, 6.45) is 2.13. The molecule has 5 nitrogen and oxygen atoms in total. The molecule has 1 rings (SSSR count). The van der Waals surface area contributed by atoms with E-state index in [2.05, 4.69) is 10.3 Å². The minimum atomic E-state index is -0.832. The van der Waals surface area contributed by atoms with Crippen LogP contribution in [0, 0.1) is 11.3 Å². The number of carboxylic acids is 1. The number of hydrogen-bond acceptors (Lipinski definition) is 4. The molecule has 0 aliphatic heterocycles. The van der Waals surface area contributed by atoms with Crippen molar-refractivity contribution < 1.29 is 9.90 Å².